The van der Waals surface area contributed by atoms with Gasteiger partial charge >= 0.3 is 0 Å². The molecule has 1 N–H and O–H groups in total. The molecular weight excluding hydrogens is 210 g/mol. The number of benzene rings is 1. The summed E-state index contributed by atoms with van der Waals surface area (Å²) in [4.78, 5) is 0. The molecule has 0 unspecified atom stereocenters. The molecule has 1 aromatic rings. The molecule has 0 heterocycles. The van der Waals surface area contributed by atoms with Crippen molar-refractivity contribution in [2.24, 2.45) is 5.41 Å². The molecule has 96 valence electrons. The molecule has 0 saturated heterocycles. The van der Waals surface area contributed by atoms with Crippen LogP contribution in [0.2, 0.25) is 0 Å². The molecule has 0 radical (unpaired) electrons. The van der Waals surface area contributed by atoms with Gasteiger partial charge in [-0.25, -0.2) is 0 Å². The maximum atomic E-state index is 5.15. The molecule has 17 heavy (non-hydrogen) atoms. The minimum atomic E-state index is 0.392. The average Bonchev–Trinajstić information content (AvgIpc) is 2.27. The zero-order valence-electron chi connectivity index (χ0n) is 11.7. The smallest absolute Gasteiger partial charge is 0.118 e. The van der Waals surface area contributed by atoms with Crippen LogP contribution in [0.4, 0.5) is 0 Å². The van der Waals surface area contributed by atoms with Gasteiger partial charge in [0.2, 0.25) is 0 Å². The highest BCUT2D eigenvalue weighted by Gasteiger charge is 2.11. The summed E-state index contributed by atoms with van der Waals surface area (Å²) in [6.07, 6.45) is 1.19. The lowest BCUT2D eigenvalue weighted by atomic mass is 9.92. The van der Waals surface area contributed by atoms with Gasteiger partial charge in [0.25, 0.3) is 0 Å². The summed E-state index contributed by atoms with van der Waals surface area (Å²) in [5, 5.41) is 3.55. The first-order valence-corrected chi connectivity index (χ1v) is 6.30. The highest BCUT2D eigenvalue weighted by atomic mass is 16.5. The van der Waals surface area contributed by atoms with E-state index in [1.807, 2.05) is 12.1 Å². The third kappa shape index (κ3) is 5.22. The molecule has 0 aliphatic carbocycles. The molecule has 1 aromatic carbocycles. The number of methoxy groups -OCH3 is 1. The van der Waals surface area contributed by atoms with Crippen molar-refractivity contribution in [3.63, 3.8) is 0 Å². The Morgan fingerprint density at radius 3 is 2.24 bits per heavy atom. The van der Waals surface area contributed by atoms with Gasteiger partial charge in [-0.15, -0.1) is 0 Å². The van der Waals surface area contributed by atoms with E-state index in [9.17, 15) is 0 Å². The molecule has 0 spiro atoms. The maximum absolute atomic E-state index is 5.15. The van der Waals surface area contributed by atoms with Gasteiger partial charge < -0.3 is 10.1 Å². The Hall–Kier alpha value is -1.02. The molecule has 1 rings (SSSR count). The van der Waals surface area contributed by atoms with Crippen LogP contribution in [0.5, 0.6) is 5.75 Å². The molecule has 0 aliphatic heterocycles. The van der Waals surface area contributed by atoms with Crippen LogP contribution in [0.25, 0.3) is 0 Å². The van der Waals surface area contributed by atoms with E-state index in [-0.39, 0.29) is 0 Å². The zero-order valence-corrected chi connectivity index (χ0v) is 11.7. The molecule has 2 heteroatoms. The van der Waals surface area contributed by atoms with E-state index in [0.717, 1.165) is 12.3 Å². The fraction of sp³-hybridized carbons (Fsp3) is 0.600. The van der Waals surface area contributed by atoms with Gasteiger partial charge in [0.05, 0.1) is 7.11 Å². The van der Waals surface area contributed by atoms with Crippen LogP contribution in [0, 0.1) is 5.41 Å². The number of hydrogen-bond acceptors (Lipinski definition) is 2. The number of hydrogen-bond donors (Lipinski definition) is 1. The van der Waals surface area contributed by atoms with E-state index in [1.54, 1.807) is 7.11 Å². The molecule has 0 fully saturated rings. The molecule has 1 atom stereocenters. The van der Waals surface area contributed by atoms with Gasteiger partial charge in [0, 0.05) is 6.04 Å². The zero-order chi connectivity index (χ0) is 12.9. The summed E-state index contributed by atoms with van der Waals surface area (Å²) in [6.45, 7) is 10.1. The lowest BCUT2D eigenvalue weighted by Crippen LogP contribution is -2.23. The van der Waals surface area contributed by atoms with Crippen LogP contribution in [0.3, 0.4) is 0 Å². The first-order valence-electron chi connectivity index (χ1n) is 6.30. The number of rotatable bonds is 5. The van der Waals surface area contributed by atoms with Crippen molar-refractivity contribution in [2.75, 3.05) is 13.7 Å². The second-order valence-electron chi connectivity index (χ2n) is 5.76. The second kappa shape index (κ2) is 6.06. The summed E-state index contributed by atoms with van der Waals surface area (Å²) in [7, 11) is 1.69. The van der Waals surface area contributed by atoms with Crippen molar-refractivity contribution in [2.45, 2.75) is 40.2 Å². The van der Waals surface area contributed by atoms with Crippen molar-refractivity contribution < 1.29 is 4.74 Å². The lowest BCUT2D eigenvalue weighted by molar-refractivity contribution is 0.358. The number of ether oxygens (including phenoxy) is 1. The predicted molar refractivity (Wildman–Crippen MR) is 73.5 cm³/mol. The Morgan fingerprint density at radius 2 is 1.76 bits per heavy atom. The van der Waals surface area contributed by atoms with E-state index in [2.05, 4.69) is 45.1 Å². The van der Waals surface area contributed by atoms with Crippen molar-refractivity contribution in [1.29, 1.82) is 0 Å². The maximum Gasteiger partial charge on any atom is 0.118 e. The minimum absolute atomic E-state index is 0.392. The largest absolute Gasteiger partial charge is 0.497 e. The summed E-state index contributed by atoms with van der Waals surface area (Å²) in [6, 6.07) is 8.65. The fourth-order valence-corrected chi connectivity index (χ4v) is 1.67. The summed E-state index contributed by atoms with van der Waals surface area (Å²) >= 11 is 0. The Bertz CT molecular complexity index is 324. The van der Waals surface area contributed by atoms with Crippen LogP contribution in [0.15, 0.2) is 24.3 Å². The lowest BCUT2D eigenvalue weighted by Gasteiger charge is -2.21. The standard InChI is InChI=1S/C15H25NO/c1-12(16-11-10-15(2,3)4)13-6-8-14(17-5)9-7-13/h6-9,12,16H,10-11H2,1-5H3/t12-/m0/s1. The van der Waals surface area contributed by atoms with Gasteiger partial charge in [-0.3, -0.25) is 0 Å². The molecule has 0 bridgehead atoms. The number of nitrogens with one attached hydrogen (secondary N) is 1. The van der Waals surface area contributed by atoms with Gasteiger partial charge in [-0.1, -0.05) is 32.9 Å². The van der Waals surface area contributed by atoms with Crippen LogP contribution >= 0.6 is 0 Å². The van der Waals surface area contributed by atoms with Crippen molar-refractivity contribution in [3.8, 4) is 5.75 Å². The second-order valence-corrected chi connectivity index (χ2v) is 5.76. The van der Waals surface area contributed by atoms with Gasteiger partial charge in [-0.2, -0.15) is 0 Å². The van der Waals surface area contributed by atoms with Gasteiger partial charge in [-0.05, 0) is 43.0 Å². The highest BCUT2D eigenvalue weighted by Crippen LogP contribution is 2.20. The average molecular weight is 235 g/mol. The SMILES string of the molecule is COc1ccc([C@H](C)NCCC(C)(C)C)cc1. The normalized spacial score (nSPS) is 13.5. The van der Waals surface area contributed by atoms with Crippen molar-refractivity contribution >= 4 is 0 Å². The topological polar surface area (TPSA) is 21.3 Å². The third-order valence-corrected chi connectivity index (χ3v) is 2.94. The van der Waals surface area contributed by atoms with E-state index in [4.69, 9.17) is 4.74 Å². The van der Waals surface area contributed by atoms with Crippen molar-refractivity contribution in [1.82, 2.24) is 5.32 Å². The first-order chi connectivity index (χ1) is 7.92. The Kier molecular flexibility index (Phi) is 5.01. The van der Waals surface area contributed by atoms with Crippen LogP contribution in [-0.2, 0) is 0 Å². The van der Waals surface area contributed by atoms with Crippen molar-refractivity contribution in [3.05, 3.63) is 29.8 Å². The van der Waals surface area contributed by atoms with Gasteiger partial charge in [0.15, 0.2) is 0 Å². The molecule has 0 aromatic heterocycles. The quantitative estimate of drug-likeness (QED) is 0.838. The molecule has 2 nitrogen and oxygen atoms in total. The van der Waals surface area contributed by atoms with E-state index in [1.165, 1.54) is 12.0 Å². The van der Waals surface area contributed by atoms with Crippen LogP contribution in [0.1, 0.15) is 45.7 Å². The third-order valence-electron chi connectivity index (χ3n) is 2.94. The van der Waals surface area contributed by atoms with E-state index in [0.29, 0.717) is 11.5 Å². The summed E-state index contributed by atoms with van der Waals surface area (Å²) in [5.41, 5.74) is 1.70. The van der Waals surface area contributed by atoms with E-state index >= 15 is 0 Å². The summed E-state index contributed by atoms with van der Waals surface area (Å²) in [5.74, 6) is 0.913. The fourth-order valence-electron chi connectivity index (χ4n) is 1.67. The minimum Gasteiger partial charge on any atom is -0.497 e. The Morgan fingerprint density at radius 1 is 1.18 bits per heavy atom. The Balaban J connectivity index is 2.43. The summed E-state index contributed by atoms with van der Waals surface area (Å²) < 4.78 is 5.15. The van der Waals surface area contributed by atoms with E-state index < -0.39 is 0 Å². The predicted octanol–water partition coefficient (Wildman–Crippen LogP) is 3.78. The molecule has 0 amide bonds. The molecule has 0 saturated carbocycles. The highest BCUT2D eigenvalue weighted by molar-refractivity contribution is 5.28. The molecule has 0 aliphatic rings. The Labute approximate surface area is 105 Å². The monoisotopic (exact) mass is 235 g/mol. The first kappa shape index (κ1) is 14.0. The van der Waals surface area contributed by atoms with Crippen LogP contribution in [-0.4, -0.2) is 13.7 Å². The van der Waals surface area contributed by atoms with Gasteiger partial charge in [0.1, 0.15) is 5.75 Å². The van der Waals surface area contributed by atoms with Crippen LogP contribution < -0.4 is 10.1 Å². The molecular formula is C15H25NO.